The average molecular weight is 254 g/mol. The second kappa shape index (κ2) is 5.02. The van der Waals surface area contributed by atoms with Crippen molar-refractivity contribution >= 4 is 11.6 Å². The van der Waals surface area contributed by atoms with Crippen LogP contribution >= 0.6 is 0 Å². The van der Waals surface area contributed by atoms with Gasteiger partial charge in [0, 0.05) is 6.54 Å². The van der Waals surface area contributed by atoms with Crippen LogP contribution in [0, 0.1) is 30.4 Å². The first kappa shape index (κ1) is 13.0. The lowest BCUT2D eigenvalue weighted by Crippen LogP contribution is -2.28. The smallest absolute Gasteiger partial charge is 0.229 e. The number of aryl methyl sites for hydroxylation is 1. The quantitative estimate of drug-likeness (QED) is 0.848. The van der Waals surface area contributed by atoms with E-state index in [4.69, 9.17) is 0 Å². The molecule has 0 aliphatic carbocycles. The molecule has 1 aliphatic rings. The predicted molar refractivity (Wildman–Crippen MR) is 65.2 cm³/mol. The Labute approximate surface area is 105 Å². The van der Waals surface area contributed by atoms with E-state index < -0.39 is 11.6 Å². The molecule has 0 unspecified atom stereocenters. The number of nitrogens with one attached hydrogen (secondary N) is 2. The van der Waals surface area contributed by atoms with Crippen LogP contribution < -0.4 is 10.6 Å². The number of carbonyl (C=O) groups is 1. The number of anilines is 1. The van der Waals surface area contributed by atoms with Gasteiger partial charge < -0.3 is 10.6 Å². The average Bonchev–Trinajstić information content (AvgIpc) is 2.76. The monoisotopic (exact) mass is 254 g/mol. The van der Waals surface area contributed by atoms with Crippen LogP contribution in [-0.2, 0) is 4.79 Å². The summed E-state index contributed by atoms with van der Waals surface area (Å²) >= 11 is 0. The lowest BCUT2D eigenvalue weighted by atomic mass is 9.97. The number of hydrogen-bond donors (Lipinski definition) is 2. The summed E-state index contributed by atoms with van der Waals surface area (Å²) in [7, 11) is 0. The van der Waals surface area contributed by atoms with Gasteiger partial charge in [0.1, 0.15) is 11.5 Å². The van der Waals surface area contributed by atoms with E-state index in [1.807, 2.05) is 6.92 Å². The zero-order chi connectivity index (χ0) is 13.3. The molecule has 3 nitrogen and oxygen atoms in total. The van der Waals surface area contributed by atoms with Gasteiger partial charge in [-0.2, -0.15) is 0 Å². The molecule has 2 N–H and O–H groups in total. The second-order valence-corrected chi connectivity index (χ2v) is 4.78. The van der Waals surface area contributed by atoms with Crippen LogP contribution in [-0.4, -0.2) is 19.0 Å². The van der Waals surface area contributed by atoms with E-state index in [-0.39, 0.29) is 23.4 Å². The molecule has 1 heterocycles. The van der Waals surface area contributed by atoms with Crippen molar-refractivity contribution in [1.29, 1.82) is 0 Å². The number of rotatable bonds is 2. The van der Waals surface area contributed by atoms with E-state index in [9.17, 15) is 13.6 Å². The zero-order valence-corrected chi connectivity index (χ0v) is 10.4. The van der Waals surface area contributed by atoms with Gasteiger partial charge in [-0.15, -0.1) is 0 Å². The Bertz CT molecular complexity index is 476. The minimum absolute atomic E-state index is 0.168. The molecule has 1 amide bonds. The molecular weight excluding hydrogens is 238 g/mol. The molecular formula is C13H16F2N2O. The first-order chi connectivity index (χ1) is 8.50. The zero-order valence-electron chi connectivity index (χ0n) is 10.4. The highest BCUT2D eigenvalue weighted by Crippen LogP contribution is 2.24. The fourth-order valence-electron chi connectivity index (χ4n) is 2.15. The summed E-state index contributed by atoms with van der Waals surface area (Å²) in [4.78, 5) is 12.0. The van der Waals surface area contributed by atoms with Crippen LogP contribution in [0.15, 0.2) is 12.1 Å². The van der Waals surface area contributed by atoms with Crippen LogP contribution in [0.2, 0.25) is 0 Å². The van der Waals surface area contributed by atoms with Gasteiger partial charge in [0.2, 0.25) is 5.91 Å². The molecule has 2 atom stereocenters. The number of benzene rings is 1. The van der Waals surface area contributed by atoms with Gasteiger partial charge in [0.25, 0.3) is 0 Å². The summed E-state index contributed by atoms with van der Waals surface area (Å²) in [5, 5.41) is 5.44. The van der Waals surface area contributed by atoms with Crippen molar-refractivity contribution in [1.82, 2.24) is 5.32 Å². The minimum Gasteiger partial charge on any atom is -0.321 e. The fourth-order valence-corrected chi connectivity index (χ4v) is 2.15. The molecule has 2 rings (SSSR count). The predicted octanol–water partition coefficient (Wildman–Crippen LogP) is 2.07. The highest BCUT2D eigenvalue weighted by Gasteiger charge is 2.30. The summed E-state index contributed by atoms with van der Waals surface area (Å²) in [6.07, 6.45) is 0. The van der Waals surface area contributed by atoms with Crippen molar-refractivity contribution in [3.05, 3.63) is 29.3 Å². The maximum absolute atomic E-state index is 13.7. The van der Waals surface area contributed by atoms with Crippen LogP contribution in [0.5, 0.6) is 0 Å². The van der Waals surface area contributed by atoms with Crippen molar-refractivity contribution in [3.8, 4) is 0 Å². The van der Waals surface area contributed by atoms with Crippen molar-refractivity contribution in [3.63, 3.8) is 0 Å². The Morgan fingerprint density at radius 3 is 2.72 bits per heavy atom. The van der Waals surface area contributed by atoms with Gasteiger partial charge in [-0.1, -0.05) is 13.0 Å². The molecule has 1 aromatic carbocycles. The third-order valence-corrected chi connectivity index (χ3v) is 3.39. The van der Waals surface area contributed by atoms with Crippen molar-refractivity contribution in [2.75, 3.05) is 18.4 Å². The highest BCUT2D eigenvalue weighted by atomic mass is 19.1. The van der Waals surface area contributed by atoms with Crippen LogP contribution in [0.3, 0.4) is 0 Å². The summed E-state index contributed by atoms with van der Waals surface area (Å²) in [5.41, 5.74) is -0.0385. The van der Waals surface area contributed by atoms with Gasteiger partial charge in [-0.3, -0.25) is 4.79 Å². The third kappa shape index (κ3) is 2.36. The van der Waals surface area contributed by atoms with Gasteiger partial charge >= 0.3 is 0 Å². The molecule has 1 aromatic rings. The molecule has 0 radical (unpaired) electrons. The number of hydrogen-bond acceptors (Lipinski definition) is 2. The van der Waals surface area contributed by atoms with Gasteiger partial charge in [0.15, 0.2) is 5.82 Å². The Hall–Kier alpha value is -1.49. The molecule has 98 valence electrons. The Kier molecular flexibility index (Phi) is 3.61. The van der Waals surface area contributed by atoms with Crippen LogP contribution in [0.1, 0.15) is 12.5 Å². The lowest BCUT2D eigenvalue weighted by molar-refractivity contribution is -0.120. The molecule has 18 heavy (non-hydrogen) atoms. The maximum atomic E-state index is 13.7. The fraction of sp³-hybridized carbons (Fsp3) is 0.462. The maximum Gasteiger partial charge on any atom is 0.229 e. The van der Waals surface area contributed by atoms with Gasteiger partial charge in [-0.05, 0) is 31.0 Å². The van der Waals surface area contributed by atoms with Crippen molar-refractivity contribution < 1.29 is 13.6 Å². The number of halogens is 2. The first-order valence-corrected chi connectivity index (χ1v) is 5.97. The topological polar surface area (TPSA) is 41.1 Å². The third-order valence-electron chi connectivity index (χ3n) is 3.39. The molecule has 1 fully saturated rings. The molecule has 0 bridgehead atoms. The standard InChI is InChI=1S/C13H16F2N2O/c1-7-3-4-10(14)12(11(7)15)17-13(18)9-6-16-5-8(9)2/h3-4,8-9,16H,5-6H2,1-2H3,(H,17,18)/t8-,9-/m1/s1. The summed E-state index contributed by atoms with van der Waals surface area (Å²) in [6.45, 7) is 4.76. The van der Waals surface area contributed by atoms with E-state index in [2.05, 4.69) is 10.6 Å². The summed E-state index contributed by atoms with van der Waals surface area (Å²) in [6, 6.07) is 2.50. The number of amides is 1. The van der Waals surface area contributed by atoms with E-state index in [1.165, 1.54) is 13.0 Å². The molecule has 1 saturated heterocycles. The van der Waals surface area contributed by atoms with Crippen LogP contribution in [0.25, 0.3) is 0 Å². The first-order valence-electron chi connectivity index (χ1n) is 5.97. The number of carbonyl (C=O) groups excluding carboxylic acids is 1. The second-order valence-electron chi connectivity index (χ2n) is 4.78. The normalized spacial score (nSPS) is 23.1. The van der Waals surface area contributed by atoms with Gasteiger partial charge in [-0.25, -0.2) is 8.78 Å². The molecule has 5 heteroatoms. The van der Waals surface area contributed by atoms with Gasteiger partial charge in [0.05, 0.1) is 5.92 Å². The Balaban J connectivity index is 2.19. The molecule has 0 aromatic heterocycles. The SMILES string of the molecule is Cc1ccc(F)c(NC(=O)[C@@H]2CNC[C@H]2C)c1F. The van der Waals surface area contributed by atoms with Crippen molar-refractivity contribution in [2.24, 2.45) is 11.8 Å². The summed E-state index contributed by atoms with van der Waals surface area (Å²) < 4.78 is 27.2. The minimum atomic E-state index is -0.745. The Morgan fingerprint density at radius 2 is 2.11 bits per heavy atom. The molecule has 0 saturated carbocycles. The summed E-state index contributed by atoms with van der Waals surface area (Å²) in [5.74, 6) is -1.87. The van der Waals surface area contributed by atoms with E-state index >= 15 is 0 Å². The lowest BCUT2D eigenvalue weighted by Gasteiger charge is -2.15. The largest absolute Gasteiger partial charge is 0.321 e. The van der Waals surface area contributed by atoms with E-state index in [0.717, 1.165) is 12.6 Å². The molecule has 0 spiro atoms. The van der Waals surface area contributed by atoms with Crippen molar-refractivity contribution in [2.45, 2.75) is 13.8 Å². The Morgan fingerprint density at radius 1 is 1.39 bits per heavy atom. The van der Waals surface area contributed by atoms with Crippen LogP contribution in [0.4, 0.5) is 14.5 Å². The van der Waals surface area contributed by atoms with E-state index in [1.54, 1.807) is 0 Å². The highest BCUT2D eigenvalue weighted by molar-refractivity contribution is 5.93. The molecule has 1 aliphatic heterocycles. The van der Waals surface area contributed by atoms with E-state index in [0.29, 0.717) is 12.1 Å².